The third kappa shape index (κ3) is 4.41. The Balaban J connectivity index is 0.000000207. The van der Waals surface area contributed by atoms with Crippen LogP contribution >= 0.6 is 0 Å². The lowest BCUT2D eigenvalue weighted by Gasteiger charge is -2.14. The summed E-state index contributed by atoms with van der Waals surface area (Å²) in [4.78, 5) is 23.6. The number of para-hydroxylation sites is 1. The van der Waals surface area contributed by atoms with Gasteiger partial charge in [-0.2, -0.15) is 5.10 Å². The van der Waals surface area contributed by atoms with E-state index in [2.05, 4.69) is 15.5 Å². The molecule has 0 radical (unpaired) electrons. The molecule has 0 saturated heterocycles. The van der Waals surface area contributed by atoms with E-state index in [0.717, 1.165) is 23.2 Å². The lowest BCUT2D eigenvalue weighted by atomic mass is 10.1. The Kier molecular flexibility index (Phi) is 6.79. The third-order valence-electron chi connectivity index (χ3n) is 4.92. The Bertz CT molecular complexity index is 1290. The van der Waals surface area contributed by atoms with Crippen LogP contribution in [0.3, 0.4) is 0 Å². The topological polar surface area (TPSA) is 158 Å². The summed E-state index contributed by atoms with van der Waals surface area (Å²) >= 11 is 0. The average molecular weight is 434 g/mol. The normalized spacial score (nSPS) is 10.4. The Labute approximate surface area is 185 Å². The van der Waals surface area contributed by atoms with Gasteiger partial charge < -0.3 is 22.5 Å². The monoisotopic (exact) mass is 433 g/mol. The predicted molar refractivity (Wildman–Crippen MR) is 129 cm³/mol. The van der Waals surface area contributed by atoms with Crippen LogP contribution in [0.2, 0.25) is 0 Å². The van der Waals surface area contributed by atoms with Gasteiger partial charge in [0.25, 0.3) is 11.5 Å². The van der Waals surface area contributed by atoms with Crippen molar-refractivity contribution in [3.63, 3.8) is 0 Å². The van der Waals surface area contributed by atoms with E-state index < -0.39 is 5.91 Å². The standard InChI is InChI=1S/C17H16N2O.C6H11N5O/c1-2-13-11-12-7-6-10-15(18)16(12)17(20)19(13)14-8-4-3-5-9-14;1-2-9-6-3(5(8)12)4(7)10-11-6/h3-11H,2,18H2,1H3;2H2,1H3,(H2,8,12)(H4,7,9,10,11). The summed E-state index contributed by atoms with van der Waals surface area (Å²) in [7, 11) is 0. The van der Waals surface area contributed by atoms with Gasteiger partial charge in [0.1, 0.15) is 11.4 Å². The molecule has 1 amide bonds. The highest BCUT2D eigenvalue weighted by molar-refractivity contribution is 6.02. The number of aromatic amines is 1. The smallest absolute Gasteiger partial charge is 0.265 e. The molecule has 0 saturated carbocycles. The predicted octanol–water partition coefficient (Wildman–Crippen LogP) is 2.66. The Hall–Kier alpha value is -4.27. The summed E-state index contributed by atoms with van der Waals surface area (Å²) in [6.07, 6.45) is 0.787. The minimum atomic E-state index is -0.586. The first-order valence-corrected chi connectivity index (χ1v) is 10.2. The van der Waals surface area contributed by atoms with E-state index in [9.17, 15) is 9.59 Å². The Morgan fingerprint density at radius 2 is 1.81 bits per heavy atom. The van der Waals surface area contributed by atoms with Crippen LogP contribution in [0.5, 0.6) is 0 Å². The van der Waals surface area contributed by atoms with Gasteiger partial charge in [-0.15, -0.1) is 0 Å². The molecule has 0 bridgehead atoms. The van der Waals surface area contributed by atoms with Crippen LogP contribution in [-0.2, 0) is 6.42 Å². The second kappa shape index (κ2) is 9.69. The highest BCUT2D eigenvalue weighted by Gasteiger charge is 2.15. The van der Waals surface area contributed by atoms with Crippen molar-refractivity contribution in [3.05, 3.63) is 76.2 Å². The molecule has 2 aromatic carbocycles. The van der Waals surface area contributed by atoms with E-state index in [1.165, 1.54) is 0 Å². The second-order valence-corrected chi connectivity index (χ2v) is 7.03. The number of H-pyrrole nitrogens is 1. The SMILES string of the molecule is CCNc1n[nH]c(N)c1C(N)=O.CCc1cc2cccc(N)c2c(=O)n1-c1ccccc1. The van der Waals surface area contributed by atoms with Gasteiger partial charge in [0.15, 0.2) is 5.82 Å². The fourth-order valence-corrected chi connectivity index (χ4v) is 3.46. The number of amides is 1. The number of carbonyl (C=O) groups is 1. The van der Waals surface area contributed by atoms with Crippen molar-refractivity contribution in [1.82, 2.24) is 14.8 Å². The zero-order valence-corrected chi connectivity index (χ0v) is 18.1. The molecule has 0 unspecified atom stereocenters. The molecule has 0 atom stereocenters. The molecule has 2 heterocycles. The number of nitrogens with two attached hydrogens (primary N) is 3. The first kappa shape index (κ1) is 22.4. The third-order valence-corrected chi connectivity index (χ3v) is 4.92. The summed E-state index contributed by atoms with van der Waals surface area (Å²) in [5.41, 5.74) is 19.0. The lowest BCUT2D eigenvalue weighted by Crippen LogP contribution is -2.22. The average Bonchev–Trinajstić information content (AvgIpc) is 3.15. The second-order valence-electron chi connectivity index (χ2n) is 7.03. The van der Waals surface area contributed by atoms with Gasteiger partial charge >= 0.3 is 0 Å². The van der Waals surface area contributed by atoms with Crippen molar-refractivity contribution >= 4 is 34.0 Å². The molecule has 0 aliphatic rings. The number of primary amides is 1. The summed E-state index contributed by atoms with van der Waals surface area (Å²) in [5.74, 6) is 0.0122. The molecule has 4 aromatic rings. The van der Waals surface area contributed by atoms with Crippen molar-refractivity contribution in [2.75, 3.05) is 23.3 Å². The first-order valence-electron chi connectivity index (χ1n) is 10.2. The number of aryl methyl sites for hydroxylation is 1. The summed E-state index contributed by atoms with van der Waals surface area (Å²) < 4.78 is 1.75. The number of fused-ring (bicyclic) bond motifs is 1. The lowest BCUT2D eigenvalue weighted by molar-refractivity contribution is 0.100. The van der Waals surface area contributed by atoms with Crippen LogP contribution in [0.15, 0.2) is 59.4 Å². The van der Waals surface area contributed by atoms with Gasteiger partial charge in [0, 0.05) is 23.6 Å². The van der Waals surface area contributed by atoms with E-state index >= 15 is 0 Å². The Morgan fingerprint density at radius 3 is 2.44 bits per heavy atom. The van der Waals surface area contributed by atoms with E-state index in [1.54, 1.807) is 10.6 Å². The summed E-state index contributed by atoms with van der Waals surface area (Å²) in [6.45, 7) is 4.59. The molecule has 9 heteroatoms. The quantitative estimate of drug-likeness (QED) is 0.304. The van der Waals surface area contributed by atoms with E-state index in [1.807, 2.05) is 62.4 Å². The number of carbonyl (C=O) groups excluding carboxylic acids is 1. The van der Waals surface area contributed by atoms with Gasteiger partial charge in [-0.25, -0.2) is 0 Å². The number of rotatable bonds is 5. The number of pyridine rings is 1. The molecule has 32 heavy (non-hydrogen) atoms. The van der Waals surface area contributed by atoms with Gasteiger partial charge in [-0.05, 0) is 43.0 Å². The van der Waals surface area contributed by atoms with Crippen molar-refractivity contribution < 1.29 is 4.79 Å². The summed E-state index contributed by atoms with van der Waals surface area (Å²) in [5, 5.41) is 10.6. The minimum Gasteiger partial charge on any atom is -0.398 e. The zero-order valence-electron chi connectivity index (χ0n) is 18.1. The maximum absolute atomic E-state index is 12.8. The van der Waals surface area contributed by atoms with Crippen molar-refractivity contribution in [2.45, 2.75) is 20.3 Å². The molecule has 2 aromatic heterocycles. The molecule has 0 fully saturated rings. The van der Waals surface area contributed by atoms with Crippen molar-refractivity contribution in [1.29, 1.82) is 0 Å². The molecular weight excluding hydrogens is 406 g/mol. The number of anilines is 3. The van der Waals surface area contributed by atoms with Crippen LogP contribution < -0.4 is 28.1 Å². The minimum absolute atomic E-state index is 0.0522. The van der Waals surface area contributed by atoms with Gasteiger partial charge in [0.05, 0.1) is 5.39 Å². The molecule has 8 N–H and O–H groups in total. The van der Waals surface area contributed by atoms with Crippen LogP contribution in [0, 0.1) is 0 Å². The number of benzene rings is 2. The highest BCUT2D eigenvalue weighted by Crippen LogP contribution is 2.21. The van der Waals surface area contributed by atoms with E-state index in [-0.39, 0.29) is 16.9 Å². The number of nitrogens with zero attached hydrogens (tertiary/aromatic N) is 2. The van der Waals surface area contributed by atoms with E-state index in [4.69, 9.17) is 17.2 Å². The fourth-order valence-electron chi connectivity index (χ4n) is 3.46. The number of nitrogen functional groups attached to an aromatic ring is 2. The zero-order chi connectivity index (χ0) is 23.3. The highest BCUT2D eigenvalue weighted by atomic mass is 16.1. The number of hydrogen-bond acceptors (Lipinski definition) is 6. The molecular formula is C23H27N7O2. The maximum atomic E-state index is 12.8. The number of aromatic nitrogens is 3. The Morgan fingerprint density at radius 1 is 1.09 bits per heavy atom. The number of nitrogens with one attached hydrogen (secondary N) is 2. The van der Waals surface area contributed by atoms with Crippen LogP contribution in [0.25, 0.3) is 16.5 Å². The largest absolute Gasteiger partial charge is 0.398 e. The molecule has 166 valence electrons. The molecule has 0 spiro atoms. The van der Waals surface area contributed by atoms with Crippen molar-refractivity contribution in [2.24, 2.45) is 5.73 Å². The van der Waals surface area contributed by atoms with Crippen LogP contribution in [-0.4, -0.2) is 27.2 Å². The van der Waals surface area contributed by atoms with Crippen LogP contribution in [0.1, 0.15) is 29.9 Å². The molecule has 4 rings (SSSR count). The molecule has 0 aliphatic heterocycles. The van der Waals surface area contributed by atoms with Crippen LogP contribution in [0.4, 0.5) is 17.3 Å². The van der Waals surface area contributed by atoms with E-state index in [0.29, 0.717) is 23.4 Å². The maximum Gasteiger partial charge on any atom is 0.265 e. The number of hydrogen-bond donors (Lipinski definition) is 5. The van der Waals surface area contributed by atoms with Gasteiger partial charge in [0.2, 0.25) is 0 Å². The molecule has 0 aliphatic carbocycles. The van der Waals surface area contributed by atoms with Gasteiger partial charge in [-0.1, -0.05) is 37.3 Å². The summed E-state index contributed by atoms with van der Waals surface area (Å²) in [6, 6.07) is 17.3. The first-order chi connectivity index (χ1) is 15.4. The van der Waals surface area contributed by atoms with Crippen molar-refractivity contribution in [3.8, 4) is 5.69 Å². The molecule has 9 nitrogen and oxygen atoms in total. The fraction of sp³-hybridized carbons (Fsp3) is 0.174. The van der Waals surface area contributed by atoms with Gasteiger partial charge in [-0.3, -0.25) is 19.3 Å².